The lowest BCUT2D eigenvalue weighted by molar-refractivity contribution is -0.167. The maximum atomic E-state index is 10.8. The van der Waals surface area contributed by atoms with Gasteiger partial charge in [0, 0.05) is 0 Å². The normalized spacial score (nSPS) is 9.46. The van der Waals surface area contributed by atoms with E-state index in [4.69, 9.17) is 0 Å². The maximum Gasteiger partial charge on any atom is 0.417 e. The van der Waals surface area contributed by atoms with Gasteiger partial charge in [0.05, 0.1) is 6.61 Å². The van der Waals surface area contributed by atoms with Gasteiger partial charge in [-0.2, -0.15) is 0 Å². The fourth-order valence-electron chi connectivity index (χ4n) is 0.495. The second kappa shape index (κ2) is 6.22. The molecule has 0 aromatic heterocycles. The first-order valence-corrected chi connectivity index (χ1v) is 4.02. The molecule has 13 heavy (non-hydrogen) atoms. The molecule has 0 heterocycles. The van der Waals surface area contributed by atoms with E-state index in [1.807, 2.05) is 13.8 Å². The molecule has 0 spiro atoms. The fourth-order valence-corrected chi connectivity index (χ4v) is 0.495. The summed E-state index contributed by atoms with van der Waals surface area (Å²) in [5.41, 5.74) is 0. The predicted octanol–water partition coefficient (Wildman–Crippen LogP) is 0.915. The first-order chi connectivity index (χ1) is 6.07. The Hall–Kier alpha value is -1.32. The molecule has 0 unspecified atom stereocenters. The number of hydrogen-bond acceptors (Lipinski definition) is 4. The molecule has 0 radical (unpaired) electrons. The van der Waals surface area contributed by atoms with Crippen molar-refractivity contribution in [1.29, 1.82) is 0 Å². The van der Waals surface area contributed by atoms with Crippen molar-refractivity contribution in [1.82, 2.24) is 0 Å². The quantitative estimate of drug-likeness (QED) is 0.372. The summed E-state index contributed by atoms with van der Waals surface area (Å²) in [4.78, 5) is 21.6. The fraction of sp³-hybridized carbons (Fsp3) is 0.556. The third kappa shape index (κ3) is 5.90. The average Bonchev–Trinajstić information content (AvgIpc) is 2.10. The summed E-state index contributed by atoms with van der Waals surface area (Å²) >= 11 is 0. The molecular formula is C9H14O4. The highest BCUT2D eigenvalue weighted by atomic mass is 16.6. The minimum Gasteiger partial charge on any atom is -0.457 e. The Labute approximate surface area is 77.5 Å². The van der Waals surface area contributed by atoms with Gasteiger partial charge < -0.3 is 9.47 Å². The van der Waals surface area contributed by atoms with Crippen LogP contribution in [0.4, 0.5) is 0 Å². The van der Waals surface area contributed by atoms with Crippen LogP contribution in [-0.4, -0.2) is 25.2 Å². The van der Waals surface area contributed by atoms with Crippen LogP contribution in [0.25, 0.3) is 0 Å². The lowest BCUT2D eigenvalue weighted by Crippen LogP contribution is -2.22. The van der Waals surface area contributed by atoms with Crippen LogP contribution in [0.3, 0.4) is 0 Å². The van der Waals surface area contributed by atoms with Crippen molar-refractivity contribution in [3.05, 3.63) is 12.7 Å². The molecule has 0 fully saturated rings. The first-order valence-electron chi connectivity index (χ1n) is 4.02. The van der Waals surface area contributed by atoms with E-state index in [0.29, 0.717) is 0 Å². The summed E-state index contributed by atoms with van der Waals surface area (Å²) in [6.07, 6.45) is 1.38. The van der Waals surface area contributed by atoms with E-state index in [0.717, 1.165) is 0 Å². The third-order valence-corrected chi connectivity index (χ3v) is 1.05. The van der Waals surface area contributed by atoms with Gasteiger partial charge in [0.25, 0.3) is 0 Å². The van der Waals surface area contributed by atoms with Crippen LogP contribution in [0.1, 0.15) is 13.8 Å². The Morgan fingerprint density at radius 2 is 1.85 bits per heavy atom. The summed E-state index contributed by atoms with van der Waals surface area (Å²) in [7, 11) is 0. The zero-order chi connectivity index (χ0) is 10.3. The van der Waals surface area contributed by atoms with Crippen LogP contribution >= 0.6 is 0 Å². The topological polar surface area (TPSA) is 52.6 Å². The molecule has 0 aromatic rings. The lowest BCUT2D eigenvalue weighted by atomic mass is 10.2. The average molecular weight is 186 g/mol. The summed E-state index contributed by atoms with van der Waals surface area (Å²) in [6, 6.07) is 0. The highest BCUT2D eigenvalue weighted by Crippen LogP contribution is 1.94. The molecule has 0 saturated heterocycles. The van der Waals surface area contributed by atoms with Crippen molar-refractivity contribution in [3.63, 3.8) is 0 Å². The van der Waals surface area contributed by atoms with Crippen LogP contribution in [0.15, 0.2) is 12.7 Å². The zero-order valence-electron chi connectivity index (χ0n) is 7.91. The molecule has 0 aliphatic carbocycles. The van der Waals surface area contributed by atoms with E-state index in [1.165, 1.54) is 6.08 Å². The van der Waals surface area contributed by atoms with Gasteiger partial charge in [0.1, 0.15) is 6.61 Å². The predicted molar refractivity (Wildman–Crippen MR) is 47.0 cm³/mol. The number of rotatable bonds is 4. The minimum atomic E-state index is -0.972. The molecule has 0 rings (SSSR count). The second-order valence-corrected chi connectivity index (χ2v) is 2.88. The Kier molecular flexibility index (Phi) is 5.59. The number of carbonyl (C=O) groups excluding carboxylic acids is 2. The lowest BCUT2D eigenvalue weighted by Gasteiger charge is -2.05. The van der Waals surface area contributed by atoms with Crippen molar-refractivity contribution in [2.45, 2.75) is 13.8 Å². The SMILES string of the molecule is C=CCOC(=O)C(=O)OCC(C)C. The molecule has 0 amide bonds. The van der Waals surface area contributed by atoms with Crippen molar-refractivity contribution in [3.8, 4) is 0 Å². The summed E-state index contributed by atoms with van der Waals surface area (Å²) in [5, 5.41) is 0. The molecule has 0 N–H and O–H groups in total. The monoisotopic (exact) mass is 186 g/mol. The van der Waals surface area contributed by atoms with Crippen molar-refractivity contribution in [2.75, 3.05) is 13.2 Å². The largest absolute Gasteiger partial charge is 0.457 e. The van der Waals surface area contributed by atoms with Gasteiger partial charge in [-0.05, 0) is 5.92 Å². The van der Waals surface area contributed by atoms with Crippen LogP contribution in [0, 0.1) is 5.92 Å². The van der Waals surface area contributed by atoms with Crippen LogP contribution < -0.4 is 0 Å². The molecule has 4 nitrogen and oxygen atoms in total. The van der Waals surface area contributed by atoms with E-state index < -0.39 is 11.9 Å². The summed E-state index contributed by atoms with van der Waals surface area (Å²) in [5.74, 6) is -1.72. The maximum absolute atomic E-state index is 10.8. The number of carbonyl (C=O) groups is 2. The zero-order valence-corrected chi connectivity index (χ0v) is 7.91. The Morgan fingerprint density at radius 1 is 1.31 bits per heavy atom. The molecular weight excluding hydrogens is 172 g/mol. The van der Waals surface area contributed by atoms with E-state index in [1.54, 1.807) is 0 Å². The first kappa shape index (κ1) is 11.7. The van der Waals surface area contributed by atoms with E-state index >= 15 is 0 Å². The Bertz CT molecular complexity index is 196. The van der Waals surface area contributed by atoms with Crippen LogP contribution in [0.5, 0.6) is 0 Å². The molecule has 0 atom stereocenters. The summed E-state index contributed by atoms with van der Waals surface area (Å²) in [6.45, 7) is 7.34. The smallest absolute Gasteiger partial charge is 0.417 e. The second-order valence-electron chi connectivity index (χ2n) is 2.88. The van der Waals surface area contributed by atoms with E-state index in [-0.39, 0.29) is 19.1 Å². The van der Waals surface area contributed by atoms with Gasteiger partial charge >= 0.3 is 11.9 Å². The number of hydrogen-bond donors (Lipinski definition) is 0. The van der Waals surface area contributed by atoms with Gasteiger partial charge in [-0.15, -0.1) is 0 Å². The van der Waals surface area contributed by atoms with Crippen molar-refractivity contribution < 1.29 is 19.1 Å². The molecule has 0 saturated carbocycles. The number of ether oxygens (including phenoxy) is 2. The molecule has 0 aliphatic rings. The van der Waals surface area contributed by atoms with Crippen LogP contribution in [-0.2, 0) is 19.1 Å². The Balaban J connectivity index is 3.69. The molecule has 0 aromatic carbocycles. The van der Waals surface area contributed by atoms with Gasteiger partial charge in [-0.1, -0.05) is 26.5 Å². The van der Waals surface area contributed by atoms with E-state index in [9.17, 15) is 9.59 Å². The third-order valence-electron chi connectivity index (χ3n) is 1.05. The Morgan fingerprint density at radius 3 is 2.31 bits per heavy atom. The summed E-state index contributed by atoms with van der Waals surface area (Å²) < 4.78 is 9.07. The van der Waals surface area contributed by atoms with Gasteiger partial charge in [0.2, 0.25) is 0 Å². The number of esters is 2. The highest BCUT2D eigenvalue weighted by Gasteiger charge is 2.16. The molecule has 74 valence electrons. The molecule has 4 heteroatoms. The molecule has 0 aliphatic heterocycles. The van der Waals surface area contributed by atoms with Crippen LogP contribution in [0.2, 0.25) is 0 Å². The minimum absolute atomic E-state index is 0.0234. The van der Waals surface area contributed by atoms with Gasteiger partial charge in [-0.3, -0.25) is 0 Å². The molecule has 0 bridgehead atoms. The van der Waals surface area contributed by atoms with Crippen molar-refractivity contribution >= 4 is 11.9 Å². The van der Waals surface area contributed by atoms with Gasteiger partial charge in [0.15, 0.2) is 0 Å². The van der Waals surface area contributed by atoms with Gasteiger partial charge in [-0.25, -0.2) is 9.59 Å². The highest BCUT2D eigenvalue weighted by molar-refractivity contribution is 6.29. The van der Waals surface area contributed by atoms with E-state index in [2.05, 4.69) is 16.1 Å². The standard InChI is InChI=1S/C9H14O4/c1-4-5-12-8(10)9(11)13-6-7(2)3/h4,7H,1,5-6H2,2-3H3. The van der Waals surface area contributed by atoms with Crippen molar-refractivity contribution in [2.24, 2.45) is 5.92 Å².